The summed E-state index contributed by atoms with van der Waals surface area (Å²) in [5, 5.41) is 0. The van der Waals surface area contributed by atoms with Crippen molar-refractivity contribution < 1.29 is 17.6 Å². The van der Waals surface area contributed by atoms with Crippen LogP contribution in [0.4, 0.5) is 23.4 Å². The molecule has 2 N–H and O–H groups in total. The van der Waals surface area contributed by atoms with Gasteiger partial charge in [0.15, 0.2) is 11.6 Å². The molecule has 1 aromatic rings. The predicted molar refractivity (Wildman–Crippen MR) is 66.3 cm³/mol. The van der Waals surface area contributed by atoms with Crippen molar-refractivity contribution in [1.82, 2.24) is 4.98 Å². The maximum absolute atomic E-state index is 13.6. The van der Waals surface area contributed by atoms with E-state index in [1.54, 1.807) is 20.8 Å². The van der Waals surface area contributed by atoms with E-state index < -0.39 is 34.4 Å². The van der Waals surface area contributed by atoms with Crippen LogP contribution in [0.5, 0.6) is 0 Å². The highest BCUT2D eigenvalue weighted by Crippen LogP contribution is 2.42. The lowest BCUT2D eigenvalue weighted by Gasteiger charge is -2.30. The molecule has 0 fully saturated rings. The summed E-state index contributed by atoms with van der Waals surface area (Å²) in [5.74, 6) is -1.57. The Kier molecular flexibility index (Phi) is 4.12. The molecule has 0 atom stereocenters. The summed E-state index contributed by atoms with van der Waals surface area (Å²) in [5.41, 5.74) is 2.96. The van der Waals surface area contributed by atoms with E-state index >= 15 is 0 Å². The van der Waals surface area contributed by atoms with Crippen LogP contribution in [0.1, 0.15) is 50.4 Å². The lowest BCUT2D eigenvalue weighted by molar-refractivity contribution is -0.139. The molecule has 0 unspecified atom stereocenters. The molecular weight excluding hydrogens is 260 g/mol. The number of alkyl halides is 3. The average molecular weight is 278 g/mol. The molecule has 0 amide bonds. The van der Waals surface area contributed by atoms with Gasteiger partial charge in [-0.05, 0) is 19.8 Å². The second kappa shape index (κ2) is 4.98. The maximum Gasteiger partial charge on any atom is 0.418 e. The standard InChI is InChI=1S/C13H18F4N2/c1-5-12(4,6-2)10-8(13(15,16)17)7(3)9(14)11(18)19-10/h5-6H2,1-4H3,(H2,18,19). The summed E-state index contributed by atoms with van der Waals surface area (Å²) in [6.45, 7) is 6.33. The van der Waals surface area contributed by atoms with Crippen LogP contribution in [0.25, 0.3) is 0 Å². The highest BCUT2D eigenvalue weighted by Gasteiger charge is 2.42. The van der Waals surface area contributed by atoms with Gasteiger partial charge in [0.1, 0.15) is 0 Å². The Morgan fingerprint density at radius 1 is 1.16 bits per heavy atom. The van der Waals surface area contributed by atoms with Gasteiger partial charge in [-0.3, -0.25) is 0 Å². The van der Waals surface area contributed by atoms with Crippen molar-refractivity contribution in [2.45, 2.75) is 52.1 Å². The number of nitrogen functional groups attached to an aromatic ring is 1. The lowest BCUT2D eigenvalue weighted by Crippen LogP contribution is -2.28. The summed E-state index contributed by atoms with van der Waals surface area (Å²) in [4.78, 5) is 3.70. The van der Waals surface area contributed by atoms with Gasteiger partial charge in [0, 0.05) is 11.0 Å². The van der Waals surface area contributed by atoms with E-state index in [0.29, 0.717) is 12.8 Å². The van der Waals surface area contributed by atoms with Crippen molar-refractivity contribution >= 4 is 5.82 Å². The summed E-state index contributed by atoms with van der Waals surface area (Å²) in [7, 11) is 0. The third-order valence-corrected chi connectivity index (χ3v) is 3.81. The van der Waals surface area contributed by atoms with Crippen LogP contribution >= 0.6 is 0 Å². The predicted octanol–water partition coefficient (Wildman–Crippen LogP) is 4.21. The fourth-order valence-electron chi connectivity index (χ4n) is 2.07. The summed E-state index contributed by atoms with van der Waals surface area (Å²) in [6, 6.07) is 0. The third kappa shape index (κ3) is 2.67. The second-order valence-corrected chi connectivity index (χ2v) is 4.93. The number of halogens is 4. The smallest absolute Gasteiger partial charge is 0.381 e. The number of hydrogen-bond acceptors (Lipinski definition) is 2. The topological polar surface area (TPSA) is 38.9 Å². The Balaban J connectivity index is 3.73. The zero-order chi connectivity index (χ0) is 15.0. The van der Waals surface area contributed by atoms with E-state index in [4.69, 9.17) is 5.73 Å². The first-order valence-corrected chi connectivity index (χ1v) is 6.11. The first-order chi connectivity index (χ1) is 8.58. The molecule has 0 radical (unpaired) electrons. The molecule has 1 heterocycles. The molecule has 0 aliphatic heterocycles. The summed E-state index contributed by atoms with van der Waals surface area (Å²) in [6.07, 6.45) is -3.72. The molecule has 0 saturated carbocycles. The van der Waals surface area contributed by atoms with Crippen molar-refractivity contribution in [3.63, 3.8) is 0 Å². The number of nitrogens with zero attached hydrogens (tertiary/aromatic N) is 1. The van der Waals surface area contributed by atoms with Crippen molar-refractivity contribution in [3.8, 4) is 0 Å². The van der Waals surface area contributed by atoms with Crippen LogP contribution in [0.3, 0.4) is 0 Å². The molecule has 6 heteroatoms. The second-order valence-electron chi connectivity index (χ2n) is 4.93. The quantitative estimate of drug-likeness (QED) is 0.841. The SMILES string of the molecule is CCC(C)(CC)c1nc(N)c(F)c(C)c1C(F)(F)F. The van der Waals surface area contributed by atoms with Gasteiger partial charge in [-0.25, -0.2) is 9.37 Å². The summed E-state index contributed by atoms with van der Waals surface area (Å²) >= 11 is 0. The van der Waals surface area contributed by atoms with Crippen molar-refractivity contribution in [2.75, 3.05) is 5.73 Å². The Labute approximate surface area is 110 Å². The van der Waals surface area contributed by atoms with Gasteiger partial charge in [0.2, 0.25) is 0 Å². The Hall–Kier alpha value is -1.33. The van der Waals surface area contributed by atoms with Crippen LogP contribution in [-0.2, 0) is 11.6 Å². The van der Waals surface area contributed by atoms with E-state index in [9.17, 15) is 17.6 Å². The number of nitrogens with two attached hydrogens (primary N) is 1. The molecule has 19 heavy (non-hydrogen) atoms. The van der Waals surface area contributed by atoms with Crippen molar-refractivity contribution in [1.29, 1.82) is 0 Å². The molecule has 0 saturated heterocycles. The zero-order valence-electron chi connectivity index (χ0n) is 11.5. The minimum Gasteiger partial charge on any atom is -0.381 e. The molecule has 0 bridgehead atoms. The fourth-order valence-corrected chi connectivity index (χ4v) is 2.07. The van der Waals surface area contributed by atoms with Crippen molar-refractivity contribution in [3.05, 3.63) is 22.6 Å². The molecular formula is C13H18F4N2. The number of pyridine rings is 1. The van der Waals surface area contributed by atoms with Crippen LogP contribution in [0.2, 0.25) is 0 Å². The monoisotopic (exact) mass is 278 g/mol. The minimum absolute atomic E-state index is 0.165. The first-order valence-electron chi connectivity index (χ1n) is 6.11. The van der Waals surface area contributed by atoms with Crippen LogP contribution in [0, 0.1) is 12.7 Å². The molecule has 1 rings (SSSR count). The number of hydrogen-bond donors (Lipinski definition) is 1. The Bertz CT molecular complexity index is 477. The van der Waals surface area contributed by atoms with Gasteiger partial charge in [-0.2, -0.15) is 13.2 Å². The van der Waals surface area contributed by atoms with Crippen LogP contribution < -0.4 is 5.73 Å². The molecule has 2 nitrogen and oxygen atoms in total. The van der Waals surface area contributed by atoms with Crippen LogP contribution in [0.15, 0.2) is 0 Å². The molecule has 0 aliphatic rings. The average Bonchev–Trinajstić information content (AvgIpc) is 2.32. The number of rotatable bonds is 3. The third-order valence-electron chi connectivity index (χ3n) is 3.81. The Morgan fingerprint density at radius 2 is 1.63 bits per heavy atom. The number of aromatic nitrogens is 1. The van der Waals surface area contributed by atoms with Crippen molar-refractivity contribution in [2.24, 2.45) is 0 Å². The molecule has 0 aromatic carbocycles. The fraction of sp³-hybridized carbons (Fsp3) is 0.615. The van der Waals surface area contributed by atoms with Crippen LogP contribution in [-0.4, -0.2) is 4.98 Å². The van der Waals surface area contributed by atoms with Gasteiger partial charge in [-0.15, -0.1) is 0 Å². The molecule has 108 valence electrons. The van der Waals surface area contributed by atoms with Gasteiger partial charge in [0.05, 0.1) is 11.3 Å². The highest BCUT2D eigenvalue weighted by molar-refractivity contribution is 5.46. The van der Waals surface area contributed by atoms with Gasteiger partial charge >= 0.3 is 6.18 Å². The van der Waals surface area contributed by atoms with E-state index in [2.05, 4.69) is 4.98 Å². The van der Waals surface area contributed by atoms with Gasteiger partial charge in [-0.1, -0.05) is 20.8 Å². The normalized spacial score (nSPS) is 12.8. The Morgan fingerprint density at radius 3 is 2.00 bits per heavy atom. The maximum atomic E-state index is 13.6. The first kappa shape index (κ1) is 15.7. The van der Waals surface area contributed by atoms with E-state index in [1.165, 1.54) is 0 Å². The van der Waals surface area contributed by atoms with Gasteiger partial charge in [0.25, 0.3) is 0 Å². The molecule has 0 aliphatic carbocycles. The highest BCUT2D eigenvalue weighted by atomic mass is 19.4. The van der Waals surface area contributed by atoms with Gasteiger partial charge < -0.3 is 5.73 Å². The molecule has 1 aromatic heterocycles. The largest absolute Gasteiger partial charge is 0.418 e. The van der Waals surface area contributed by atoms with E-state index in [-0.39, 0.29) is 5.69 Å². The minimum atomic E-state index is -4.65. The number of anilines is 1. The van der Waals surface area contributed by atoms with E-state index in [0.717, 1.165) is 6.92 Å². The summed E-state index contributed by atoms with van der Waals surface area (Å²) < 4.78 is 53.1. The zero-order valence-corrected chi connectivity index (χ0v) is 11.5. The lowest BCUT2D eigenvalue weighted by atomic mass is 9.78. The van der Waals surface area contributed by atoms with E-state index in [1.807, 2.05) is 0 Å². The molecule has 0 spiro atoms.